The number of hydrogen-bond donors (Lipinski definition) is 1. The van der Waals surface area contributed by atoms with E-state index < -0.39 is 0 Å². The topological polar surface area (TPSA) is 29.5 Å². The molecule has 0 aliphatic heterocycles. The number of rotatable bonds is 4. The monoisotopic (exact) mass is 246 g/mol. The second-order valence-electron chi connectivity index (χ2n) is 6.03. The lowest BCUT2D eigenvalue weighted by Crippen LogP contribution is -2.35. The smallest absolute Gasteiger partial charge is 0.118 e. The van der Waals surface area contributed by atoms with E-state index in [4.69, 9.17) is 4.74 Å². The molecule has 0 amide bonds. The average molecular weight is 246 g/mol. The van der Waals surface area contributed by atoms with Crippen LogP contribution in [-0.4, -0.2) is 17.8 Å². The van der Waals surface area contributed by atoms with Crippen LogP contribution in [0.5, 0.6) is 5.75 Å². The van der Waals surface area contributed by atoms with Gasteiger partial charge in [-0.15, -0.1) is 0 Å². The molecule has 2 fully saturated rings. The summed E-state index contributed by atoms with van der Waals surface area (Å²) in [7, 11) is 1.69. The van der Waals surface area contributed by atoms with E-state index in [2.05, 4.69) is 12.1 Å². The van der Waals surface area contributed by atoms with Gasteiger partial charge < -0.3 is 9.84 Å². The summed E-state index contributed by atoms with van der Waals surface area (Å²) < 4.78 is 5.16. The molecule has 0 spiro atoms. The molecule has 2 aliphatic carbocycles. The fourth-order valence-corrected chi connectivity index (χ4v) is 3.87. The van der Waals surface area contributed by atoms with Crippen LogP contribution < -0.4 is 4.74 Å². The standard InChI is InChI=1S/C16H22O2/c1-18-15-6-3-12(4-7-15)8-9-16(17)11-13-2-5-14(16)10-13/h3-4,6-7,13-14,17H,2,5,8-11H2,1H3. The van der Waals surface area contributed by atoms with Crippen LogP contribution in [0.3, 0.4) is 0 Å². The molecule has 0 radical (unpaired) electrons. The first-order valence-electron chi connectivity index (χ1n) is 7.05. The highest BCUT2D eigenvalue weighted by Gasteiger charge is 2.49. The summed E-state index contributed by atoms with van der Waals surface area (Å²) in [6.07, 6.45) is 6.77. The first-order chi connectivity index (χ1) is 8.69. The van der Waals surface area contributed by atoms with Gasteiger partial charge in [-0.05, 0) is 68.1 Å². The predicted molar refractivity (Wildman–Crippen MR) is 71.7 cm³/mol. The van der Waals surface area contributed by atoms with Crippen molar-refractivity contribution in [2.24, 2.45) is 11.8 Å². The van der Waals surface area contributed by atoms with Crippen LogP contribution in [0, 0.1) is 11.8 Å². The van der Waals surface area contributed by atoms with Crippen molar-refractivity contribution in [2.75, 3.05) is 7.11 Å². The van der Waals surface area contributed by atoms with Crippen LogP contribution >= 0.6 is 0 Å². The molecule has 0 saturated heterocycles. The molecule has 3 unspecified atom stereocenters. The Hall–Kier alpha value is -1.02. The first-order valence-corrected chi connectivity index (χ1v) is 7.05. The van der Waals surface area contributed by atoms with Crippen molar-refractivity contribution < 1.29 is 9.84 Å². The third-order valence-electron chi connectivity index (χ3n) is 4.95. The molecule has 1 aromatic rings. The number of hydrogen-bond acceptors (Lipinski definition) is 2. The van der Waals surface area contributed by atoms with E-state index in [9.17, 15) is 5.11 Å². The third-order valence-corrected chi connectivity index (χ3v) is 4.95. The Labute approximate surface area is 109 Å². The van der Waals surface area contributed by atoms with Gasteiger partial charge in [0.15, 0.2) is 0 Å². The molecule has 98 valence electrons. The van der Waals surface area contributed by atoms with Crippen LogP contribution in [0.4, 0.5) is 0 Å². The minimum absolute atomic E-state index is 0.372. The molecule has 3 atom stereocenters. The quantitative estimate of drug-likeness (QED) is 0.884. The summed E-state index contributed by atoms with van der Waals surface area (Å²) in [5.74, 6) is 2.27. The third kappa shape index (κ3) is 2.14. The summed E-state index contributed by atoms with van der Waals surface area (Å²) in [5.41, 5.74) is 0.926. The van der Waals surface area contributed by atoms with Crippen LogP contribution in [-0.2, 0) is 6.42 Å². The molecular weight excluding hydrogens is 224 g/mol. The number of aryl methyl sites for hydroxylation is 1. The molecule has 2 aliphatic rings. The first kappa shape index (κ1) is 12.0. The van der Waals surface area contributed by atoms with E-state index in [1.54, 1.807) is 7.11 Å². The number of ether oxygens (including phenoxy) is 1. The second kappa shape index (κ2) is 4.58. The SMILES string of the molecule is COc1ccc(CCC2(O)CC3CCC2C3)cc1. The minimum Gasteiger partial charge on any atom is -0.497 e. The number of methoxy groups -OCH3 is 1. The molecule has 2 nitrogen and oxygen atoms in total. The lowest BCUT2D eigenvalue weighted by molar-refractivity contribution is -0.0201. The molecule has 1 aromatic carbocycles. The van der Waals surface area contributed by atoms with Crippen molar-refractivity contribution in [2.45, 2.75) is 44.1 Å². The molecule has 2 saturated carbocycles. The van der Waals surface area contributed by atoms with Gasteiger partial charge in [0.05, 0.1) is 12.7 Å². The van der Waals surface area contributed by atoms with Gasteiger partial charge in [-0.2, -0.15) is 0 Å². The van der Waals surface area contributed by atoms with Gasteiger partial charge in [-0.1, -0.05) is 12.1 Å². The van der Waals surface area contributed by atoms with E-state index >= 15 is 0 Å². The van der Waals surface area contributed by atoms with E-state index in [1.807, 2.05) is 12.1 Å². The fraction of sp³-hybridized carbons (Fsp3) is 0.625. The summed E-state index contributed by atoms with van der Waals surface area (Å²) >= 11 is 0. The molecule has 18 heavy (non-hydrogen) atoms. The van der Waals surface area contributed by atoms with Crippen molar-refractivity contribution in [3.63, 3.8) is 0 Å². The Balaban J connectivity index is 1.60. The maximum absolute atomic E-state index is 10.7. The Kier molecular flexibility index (Phi) is 3.06. The highest BCUT2D eigenvalue weighted by atomic mass is 16.5. The Morgan fingerprint density at radius 3 is 2.61 bits per heavy atom. The van der Waals surface area contributed by atoms with Crippen molar-refractivity contribution in [3.05, 3.63) is 29.8 Å². The second-order valence-corrected chi connectivity index (χ2v) is 6.03. The largest absolute Gasteiger partial charge is 0.497 e. The van der Waals surface area contributed by atoms with E-state index in [0.29, 0.717) is 5.92 Å². The molecular formula is C16H22O2. The van der Waals surface area contributed by atoms with Crippen LogP contribution in [0.1, 0.15) is 37.7 Å². The molecule has 3 rings (SSSR count). The van der Waals surface area contributed by atoms with Crippen LogP contribution in [0.15, 0.2) is 24.3 Å². The van der Waals surface area contributed by atoms with Gasteiger partial charge in [0, 0.05) is 0 Å². The summed E-state index contributed by atoms with van der Waals surface area (Å²) in [6, 6.07) is 8.21. The van der Waals surface area contributed by atoms with Crippen molar-refractivity contribution in [3.8, 4) is 5.75 Å². The molecule has 0 heterocycles. The van der Waals surface area contributed by atoms with E-state index in [0.717, 1.165) is 30.9 Å². The average Bonchev–Trinajstić information content (AvgIpc) is 2.97. The van der Waals surface area contributed by atoms with E-state index in [-0.39, 0.29) is 5.60 Å². The predicted octanol–water partition coefficient (Wildman–Crippen LogP) is 3.18. The zero-order valence-electron chi connectivity index (χ0n) is 11.1. The lowest BCUT2D eigenvalue weighted by atomic mass is 9.80. The minimum atomic E-state index is -0.372. The maximum atomic E-state index is 10.7. The van der Waals surface area contributed by atoms with Gasteiger partial charge >= 0.3 is 0 Å². The number of benzene rings is 1. The summed E-state index contributed by atoms with van der Waals surface area (Å²) in [6.45, 7) is 0. The van der Waals surface area contributed by atoms with E-state index in [1.165, 1.54) is 24.8 Å². The van der Waals surface area contributed by atoms with Gasteiger partial charge in [0.2, 0.25) is 0 Å². The lowest BCUT2D eigenvalue weighted by Gasteiger charge is -2.32. The number of fused-ring (bicyclic) bond motifs is 2. The Morgan fingerprint density at radius 2 is 2.06 bits per heavy atom. The molecule has 0 aromatic heterocycles. The Morgan fingerprint density at radius 1 is 1.28 bits per heavy atom. The number of aliphatic hydroxyl groups is 1. The van der Waals surface area contributed by atoms with Gasteiger partial charge in [-0.25, -0.2) is 0 Å². The Bertz CT molecular complexity index is 412. The van der Waals surface area contributed by atoms with Crippen molar-refractivity contribution >= 4 is 0 Å². The van der Waals surface area contributed by atoms with Gasteiger partial charge in [-0.3, -0.25) is 0 Å². The highest BCUT2D eigenvalue weighted by molar-refractivity contribution is 5.27. The van der Waals surface area contributed by atoms with Gasteiger partial charge in [0.1, 0.15) is 5.75 Å². The maximum Gasteiger partial charge on any atom is 0.118 e. The fourth-order valence-electron chi connectivity index (χ4n) is 3.87. The highest BCUT2D eigenvalue weighted by Crippen LogP contribution is 2.52. The summed E-state index contributed by atoms with van der Waals surface area (Å²) in [4.78, 5) is 0. The molecule has 2 heteroatoms. The van der Waals surface area contributed by atoms with Gasteiger partial charge in [0.25, 0.3) is 0 Å². The molecule has 1 N–H and O–H groups in total. The van der Waals surface area contributed by atoms with Crippen molar-refractivity contribution in [1.29, 1.82) is 0 Å². The molecule has 2 bridgehead atoms. The zero-order valence-corrected chi connectivity index (χ0v) is 11.1. The van der Waals surface area contributed by atoms with Crippen molar-refractivity contribution in [1.82, 2.24) is 0 Å². The zero-order chi connectivity index (χ0) is 12.6. The normalized spacial score (nSPS) is 33.9. The van der Waals surface area contributed by atoms with Crippen LogP contribution in [0.2, 0.25) is 0 Å². The van der Waals surface area contributed by atoms with Crippen LogP contribution in [0.25, 0.3) is 0 Å². The summed E-state index contributed by atoms with van der Waals surface area (Å²) in [5, 5.41) is 10.7.